The van der Waals surface area contributed by atoms with Crippen LogP contribution in [-0.2, 0) is 14.3 Å². The van der Waals surface area contributed by atoms with Gasteiger partial charge in [0, 0.05) is 23.4 Å². The predicted octanol–water partition coefficient (Wildman–Crippen LogP) is 4.07. The molecule has 1 aromatic heterocycles. The van der Waals surface area contributed by atoms with Crippen LogP contribution in [0.4, 0.5) is 4.79 Å². The van der Waals surface area contributed by atoms with Crippen molar-refractivity contribution in [3.05, 3.63) is 57.4 Å². The molecule has 0 fully saturated rings. The molecular weight excluding hydrogens is 407 g/mol. The smallest absolute Gasteiger partial charge is 0.338 e. The van der Waals surface area contributed by atoms with E-state index in [-0.39, 0.29) is 18.8 Å². The Morgan fingerprint density at radius 3 is 2.75 bits per heavy atom. The summed E-state index contributed by atoms with van der Waals surface area (Å²) in [5.41, 5.74) is 1.23. The molecule has 0 saturated heterocycles. The second-order valence-electron chi connectivity index (χ2n) is 6.03. The number of furan rings is 1. The van der Waals surface area contributed by atoms with Gasteiger partial charge in [0.1, 0.15) is 24.2 Å². The number of rotatable bonds is 6. The van der Waals surface area contributed by atoms with Crippen molar-refractivity contribution in [1.29, 1.82) is 0 Å². The molecule has 3 rings (SSSR count). The van der Waals surface area contributed by atoms with Crippen LogP contribution in [-0.4, -0.2) is 32.3 Å². The lowest BCUT2D eigenvalue weighted by Crippen LogP contribution is -2.45. The van der Waals surface area contributed by atoms with Crippen LogP contribution in [0.25, 0.3) is 11.3 Å². The molecule has 1 atom stereocenters. The number of nitrogens with one attached hydrogen (secondary N) is 2. The summed E-state index contributed by atoms with van der Waals surface area (Å²) in [5.74, 6) is 0.241. The van der Waals surface area contributed by atoms with Gasteiger partial charge in [0.25, 0.3) is 0 Å². The summed E-state index contributed by atoms with van der Waals surface area (Å²) in [5, 5.41) is 6.22. The number of carbonyl (C=O) groups is 2. The van der Waals surface area contributed by atoms with E-state index in [0.29, 0.717) is 32.8 Å². The molecule has 1 aromatic carbocycles. The van der Waals surface area contributed by atoms with Gasteiger partial charge in [-0.05, 0) is 37.3 Å². The van der Waals surface area contributed by atoms with Gasteiger partial charge < -0.3 is 24.5 Å². The second-order valence-corrected chi connectivity index (χ2v) is 6.87. The van der Waals surface area contributed by atoms with Crippen LogP contribution in [0.2, 0.25) is 10.0 Å². The molecule has 1 aliphatic rings. The number of urea groups is 1. The maximum absolute atomic E-state index is 12.5. The summed E-state index contributed by atoms with van der Waals surface area (Å²) in [6.45, 7) is 1.98. The third-order valence-electron chi connectivity index (χ3n) is 4.11. The Labute approximate surface area is 171 Å². The fraction of sp³-hybridized carbons (Fsp3) is 0.263. The number of hydrogen-bond donors (Lipinski definition) is 2. The van der Waals surface area contributed by atoms with E-state index >= 15 is 0 Å². The van der Waals surface area contributed by atoms with Gasteiger partial charge in [0.2, 0.25) is 0 Å². The average molecular weight is 425 g/mol. The minimum atomic E-state index is -0.810. The minimum Gasteiger partial charge on any atom is -0.460 e. The summed E-state index contributed by atoms with van der Waals surface area (Å²) in [6, 6.07) is 7.11. The van der Waals surface area contributed by atoms with Gasteiger partial charge in [-0.1, -0.05) is 23.2 Å². The lowest BCUT2D eigenvalue weighted by molar-refractivity contribution is -0.140. The summed E-state index contributed by atoms with van der Waals surface area (Å²) in [4.78, 5) is 24.5. The zero-order valence-corrected chi connectivity index (χ0v) is 16.7. The van der Waals surface area contributed by atoms with E-state index < -0.39 is 18.0 Å². The first-order chi connectivity index (χ1) is 13.4. The van der Waals surface area contributed by atoms with Crippen LogP contribution in [0.15, 0.2) is 46.0 Å². The number of esters is 1. The molecule has 2 heterocycles. The first kappa shape index (κ1) is 20.3. The fourth-order valence-electron chi connectivity index (χ4n) is 2.81. The van der Waals surface area contributed by atoms with Crippen LogP contribution in [0, 0.1) is 0 Å². The van der Waals surface area contributed by atoms with Crippen molar-refractivity contribution in [3.63, 3.8) is 0 Å². The van der Waals surface area contributed by atoms with Crippen LogP contribution in [0.3, 0.4) is 0 Å². The van der Waals surface area contributed by atoms with E-state index in [0.717, 1.165) is 0 Å². The van der Waals surface area contributed by atoms with Crippen LogP contribution in [0.5, 0.6) is 0 Å². The highest BCUT2D eigenvalue weighted by Crippen LogP contribution is 2.35. The SMILES string of the molecule is COCCOC(=O)C1=C(C)NC(=O)N[C@H]1c1ccc(-c2cc(Cl)ccc2Cl)o1. The van der Waals surface area contributed by atoms with Gasteiger partial charge in [-0.15, -0.1) is 0 Å². The highest BCUT2D eigenvalue weighted by molar-refractivity contribution is 6.35. The van der Waals surface area contributed by atoms with Gasteiger partial charge in [0.15, 0.2) is 0 Å². The zero-order valence-electron chi connectivity index (χ0n) is 15.2. The number of benzene rings is 1. The standard InChI is InChI=1S/C19H18Cl2N2O5/c1-10-16(18(24)27-8-7-26-2)17(23-19(25)22-10)15-6-5-14(28-15)12-9-11(20)3-4-13(12)21/h3-6,9,17H,7-8H2,1-2H3,(H2,22,23,25)/t17-/m0/s1. The molecule has 1 aliphatic heterocycles. The minimum absolute atomic E-state index is 0.0916. The van der Waals surface area contributed by atoms with E-state index in [9.17, 15) is 9.59 Å². The monoisotopic (exact) mass is 424 g/mol. The highest BCUT2D eigenvalue weighted by Gasteiger charge is 2.34. The maximum atomic E-state index is 12.5. The van der Waals surface area contributed by atoms with Crippen molar-refractivity contribution in [2.45, 2.75) is 13.0 Å². The number of ether oxygens (including phenoxy) is 2. The Bertz CT molecular complexity index is 938. The summed E-state index contributed by atoms with van der Waals surface area (Å²) in [6.07, 6.45) is 0. The fourth-order valence-corrected chi connectivity index (χ4v) is 3.20. The summed E-state index contributed by atoms with van der Waals surface area (Å²) in [7, 11) is 1.51. The predicted molar refractivity (Wildman–Crippen MR) is 104 cm³/mol. The van der Waals surface area contributed by atoms with Crippen molar-refractivity contribution in [2.24, 2.45) is 0 Å². The quantitative estimate of drug-likeness (QED) is 0.538. The molecular formula is C19H18Cl2N2O5. The van der Waals surface area contributed by atoms with Gasteiger partial charge in [0.05, 0.1) is 17.2 Å². The molecule has 28 heavy (non-hydrogen) atoms. The van der Waals surface area contributed by atoms with Crippen LogP contribution < -0.4 is 10.6 Å². The lowest BCUT2D eigenvalue weighted by Gasteiger charge is -2.26. The van der Waals surface area contributed by atoms with Crippen molar-refractivity contribution in [2.75, 3.05) is 20.3 Å². The Morgan fingerprint density at radius 1 is 1.21 bits per heavy atom. The molecule has 0 spiro atoms. The van der Waals surface area contributed by atoms with E-state index in [1.807, 2.05) is 0 Å². The normalized spacial score (nSPS) is 16.6. The molecule has 2 amide bonds. The Morgan fingerprint density at radius 2 is 2.00 bits per heavy atom. The second kappa shape index (κ2) is 8.68. The molecule has 148 valence electrons. The molecule has 0 aliphatic carbocycles. The van der Waals surface area contributed by atoms with E-state index in [1.54, 1.807) is 37.3 Å². The highest BCUT2D eigenvalue weighted by atomic mass is 35.5. The number of methoxy groups -OCH3 is 1. The largest absolute Gasteiger partial charge is 0.460 e. The molecule has 0 unspecified atom stereocenters. The summed E-state index contributed by atoms with van der Waals surface area (Å²) < 4.78 is 16.0. The Kier molecular flexibility index (Phi) is 6.28. The average Bonchev–Trinajstić information content (AvgIpc) is 3.13. The van der Waals surface area contributed by atoms with E-state index in [2.05, 4.69) is 10.6 Å². The molecule has 2 N–H and O–H groups in total. The van der Waals surface area contributed by atoms with Crippen molar-refractivity contribution < 1.29 is 23.5 Å². The zero-order chi connectivity index (χ0) is 20.3. The number of halogens is 2. The van der Waals surface area contributed by atoms with E-state index in [4.69, 9.17) is 37.1 Å². The van der Waals surface area contributed by atoms with Gasteiger partial charge in [-0.2, -0.15) is 0 Å². The third kappa shape index (κ3) is 4.32. The number of carbonyl (C=O) groups excluding carboxylic acids is 2. The topological polar surface area (TPSA) is 89.8 Å². The lowest BCUT2D eigenvalue weighted by atomic mass is 10.0. The van der Waals surface area contributed by atoms with Gasteiger partial charge >= 0.3 is 12.0 Å². The number of hydrogen-bond acceptors (Lipinski definition) is 5. The number of allylic oxidation sites excluding steroid dienone is 1. The van der Waals surface area contributed by atoms with Crippen molar-refractivity contribution in [3.8, 4) is 11.3 Å². The molecule has 2 aromatic rings. The molecule has 0 saturated carbocycles. The summed E-state index contributed by atoms with van der Waals surface area (Å²) >= 11 is 12.3. The maximum Gasteiger partial charge on any atom is 0.338 e. The van der Waals surface area contributed by atoms with Crippen molar-refractivity contribution >= 4 is 35.2 Å². The third-order valence-corrected chi connectivity index (χ3v) is 4.68. The molecule has 7 nitrogen and oxygen atoms in total. The van der Waals surface area contributed by atoms with E-state index in [1.165, 1.54) is 7.11 Å². The first-order valence-corrected chi connectivity index (χ1v) is 9.15. The first-order valence-electron chi connectivity index (χ1n) is 8.40. The van der Waals surface area contributed by atoms with Gasteiger partial charge in [-0.25, -0.2) is 9.59 Å². The Balaban J connectivity index is 1.93. The molecule has 9 heteroatoms. The van der Waals surface area contributed by atoms with Crippen LogP contribution >= 0.6 is 23.2 Å². The molecule has 0 radical (unpaired) electrons. The van der Waals surface area contributed by atoms with Crippen LogP contribution in [0.1, 0.15) is 18.7 Å². The molecule has 0 bridgehead atoms. The van der Waals surface area contributed by atoms with Crippen molar-refractivity contribution in [1.82, 2.24) is 10.6 Å². The Hall–Kier alpha value is -2.48. The number of amides is 2. The van der Waals surface area contributed by atoms with Gasteiger partial charge in [-0.3, -0.25) is 0 Å².